The molecule has 1 aromatic carbocycles. The van der Waals surface area contributed by atoms with Crippen LogP contribution in [0.3, 0.4) is 0 Å². The van der Waals surface area contributed by atoms with E-state index in [1.54, 1.807) is 18.2 Å². The van der Waals surface area contributed by atoms with Crippen molar-refractivity contribution in [1.29, 1.82) is 0 Å². The molecule has 3 rings (SSSR count). The largest absolute Gasteiger partial charge is 0.376 e. The SMILES string of the molecule is Cc1nc(NCC2CCCO2)cc(Nc2c(Cl)cccc2Cl)n1. The lowest BCUT2D eigenvalue weighted by Crippen LogP contribution is -2.19. The minimum atomic E-state index is 0.250. The monoisotopic (exact) mass is 352 g/mol. The fourth-order valence-corrected chi connectivity index (χ4v) is 2.98. The number of nitrogens with zero attached hydrogens (tertiary/aromatic N) is 2. The summed E-state index contributed by atoms with van der Waals surface area (Å²) in [5.74, 6) is 2.05. The van der Waals surface area contributed by atoms with Crippen LogP contribution in [-0.4, -0.2) is 29.2 Å². The van der Waals surface area contributed by atoms with Gasteiger partial charge < -0.3 is 15.4 Å². The second kappa shape index (κ2) is 7.34. The summed E-state index contributed by atoms with van der Waals surface area (Å²) < 4.78 is 5.61. The molecule has 1 aliphatic rings. The Bertz CT molecular complexity index is 670. The van der Waals surface area contributed by atoms with Gasteiger partial charge in [-0.05, 0) is 31.9 Å². The number of halogens is 2. The summed E-state index contributed by atoms with van der Waals surface area (Å²) in [6.07, 6.45) is 2.45. The van der Waals surface area contributed by atoms with Gasteiger partial charge in [0.05, 0.1) is 21.8 Å². The first-order chi connectivity index (χ1) is 11.1. The van der Waals surface area contributed by atoms with Crippen LogP contribution in [0.4, 0.5) is 17.3 Å². The van der Waals surface area contributed by atoms with Gasteiger partial charge in [0.25, 0.3) is 0 Å². The molecule has 1 saturated heterocycles. The van der Waals surface area contributed by atoms with E-state index in [-0.39, 0.29) is 6.10 Å². The third-order valence-corrected chi connectivity index (χ3v) is 4.22. The maximum atomic E-state index is 6.18. The molecule has 122 valence electrons. The van der Waals surface area contributed by atoms with Gasteiger partial charge >= 0.3 is 0 Å². The van der Waals surface area contributed by atoms with Gasteiger partial charge in [0.2, 0.25) is 0 Å². The number of ether oxygens (including phenoxy) is 1. The Balaban J connectivity index is 1.74. The van der Waals surface area contributed by atoms with Gasteiger partial charge in [-0.2, -0.15) is 0 Å². The molecule has 23 heavy (non-hydrogen) atoms. The Hall–Kier alpha value is -1.56. The summed E-state index contributed by atoms with van der Waals surface area (Å²) in [6.45, 7) is 3.42. The highest BCUT2D eigenvalue weighted by Gasteiger charge is 2.15. The van der Waals surface area contributed by atoms with E-state index < -0.39 is 0 Å². The summed E-state index contributed by atoms with van der Waals surface area (Å²) in [5, 5.41) is 7.55. The van der Waals surface area contributed by atoms with Crippen LogP contribution in [0.15, 0.2) is 24.3 Å². The quantitative estimate of drug-likeness (QED) is 0.833. The number of anilines is 3. The Kier molecular flexibility index (Phi) is 5.20. The lowest BCUT2D eigenvalue weighted by Gasteiger charge is -2.14. The average Bonchev–Trinajstić information content (AvgIpc) is 3.02. The molecule has 1 unspecified atom stereocenters. The second-order valence-corrected chi connectivity index (χ2v) is 6.24. The van der Waals surface area contributed by atoms with E-state index >= 15 is 0 Å². The van der Waals surface area contributed by atoms with Gasteiger partial charge in [0.1, 0.15) is 17.5 Å². The molecule has 2 aromatic rings. The van der Waals surface area contributed by atoms with E-state index in [1.165, 1.54) is 0 Å². The minimum Gasteiger partial charge on any atom is -0.376 e. The van der Waals surface area contributed by atoms with Crippen molar-refractivity contribution in [1.82, 2.24) is 9.97 Å². The van der Waals surface area contributed by atoms with E-state index in [2.05, 4.69) is 20.6 Å². The van der Waals surface area contributed by atoms with Crippen LogP contribution in [0.5, 0.6) is 0 Å². The first kappa shape index (κ1) is 16.3. The summed E-state index contributed by atoms with van der Waals surface area (Å²) in [4.78, 5) is 8.78. The summed E-state index contributed by atoms with van der Waals surface area (Å²) in [6, 6.07) is 7.19. The van der Waals surface area contributed by atoms with Crippen LogP contribution in [0.25, 0.3) is 0 Å². The van der Waals surface area contributed by atoms with Crippen molar-refractivity contribution in [2.45, 2.75) is 25.9 Å². The van der Waals surface area contributed by atoms with Crippen molar-refractivity contribution in [3.05, 3.63) is 40.1 Å². The number of benzene rings is 1. The minimum absolute atomic E-state index is 0.250. The molecule has 5 nitrogen and oxygen atoms in total. The molecule has 0 spiro atoms. The van der Waals surface area contributed by atoms with Crippen LogP contribution >= 0.6 is 23.2 Å². The number of para-hydroxylation sites is 1. The molecule has 1 aromatic heterocycles. The number of hydrogen-bond acceptors (Lipinski definition) is 5. The standard InChI is InChI=1S/C16H18Cl2N4O/c1-10-20-14(19-9-11-4-3-7-23-11)8-15(21-10)22-16-12(17)5-2-6-13(16)18/h2,5-6,8,11H,3-4,7,9H2,1H3,(H2,19,20,21,22). The zero-order valence-corrected chi connectivity index (χ0v) is 14.3. The Morgan fingerprint density at radius 3 is 2.65 bits per heavy atom. The van der Waals surface area contributed by atoms with Crippen molar-refractivity contribution in [2.75, 3.05) is 23.8 Å². The normalized spacial score (nSPS) is 17.3. The number of rotatable bonds is 5. The summed E-state index contributed by atoms with van der Waals surface area (Å²) in [5.41, 5.74) is 0.638. The molecule has 0 aliphatic carbocycles. The topological polar surface area (TPSA) is 59.1 Å². The molecule has 0 amide bonds. The predicted molar refractivity (Wildman–Crippen MR) is 94.0 cm³/mol. The van der Waals surface area contributed by atoms with Gasteiger partial charge in [0.15, 0.2) is 0 Å². The van der Waals surface area contributed by atoms with Crippen LogP contribution in [0.1, 0.15) is 18.7 Å². The van der Waals surface area contributed by atoms with Crippen LogP contribution in [-0.2, 0) is 4.74 Å². The predicted octanol–water partition coefficient (Wildman–Crippen LogP) is 4.43. The number of aryl methyl sites for hydroxylation is 1. The molecular weight excluding hydrogens is 335 g/mol. The third-order valence-electron chi connectivity index (χ3n) is 3.59. The van der Waals surface area contributed by atoms with Crippen molar-refractivity contribution >= 4 is 40.5 Å². The summed E-state index contributed by atoms with van der Waals surface area (Å²) >= 11 is 12.4. The van der Waals surface area contributed by atoms with Gasteiger partial charge in [-0.25, -0.2) is 9.97 Å². The van der Waals surface area contributed by atoms with Crippen LogP contribution in [0, 0.1) is 6.92 Å². The molecule has 2 N–H and O–H groups in total. The first-order valence-corrected chi connectivity index (χ1v) is 8.29. The molecule has 1 atom stereocenters. The summed E-state index contributed by atoms with van der Waals surface area (Å²) in [7, 11) is 0. The Labute approximate surface area is 145 Å². The van der Waals surface area contributed by atoms with Crippen molar-refractivity contribution in [2.24, 2.45) is 0 Å². The lowest BCUT2D eigenvalue weighted by atomic mass is 10.2. The second-order valence-electron chi connectivity index (χ2n) is 5.42. The highest BCUT2D eigenvalue weighted by molar-refractivity contribution is 6.39. The Morgan fingerprint density at radius 2 is 1.96 bits per heavy atom. The highest BCUT2D eigenvalue weighted by Crippen LogP contribution is 2.32. The van der Waals surface area contributed by atoms with E-state index in [9.17, 15) is 0 Å². The van der Waals surface area contributed by atoms with Crippen LogP contribution < -0.4 is 10.6 Å². The zero-order chi connectivity index (χ0) is 16.2. The number of hydrogen-bond donors (Lipinski definition) is 2. The van der Waals surface area contributed by atoms with E-state index in [1.807, 2.05) is 13.0 Å². The first-order valence-electron chi connectivity index (χ1n) is 7.54. The lowest BCUT2D eigenvalue weighted by molar-refractivity contribution is 0.120. The molecular formula is C16H18Cl2N4O. The van der Waals surface area contributed by atoms with Crippen molar-refractivity contribution in [3.8, 4) is 0 Å². The smallest absolute Gasteiger partial charge is 0.136 e. The van der Waals surface area contributed by atoms with Gasteiger partial charge in [0, 0.05) is 19.2 Å². The fourth-order valence-electron chi connectivity index (χ4n) is 2.49. The molecule has 0 radical (unpaired) electrons. The fraction of sp³-hybridized carbons (Fsp3) is 0.375. The molecule has 0 saturated carbocycles. The van der Waals surface area contributed by atoms with Gasteiger partial charge in [-0.3, -0.25) is 0 Å². The molecule has 0 bridgehead atoms. The van der Waals surface area contributed by atoms with E-state index in [4.69, 9.17) is 27.9 Å². The number of nitrogens with one attached hydrogen (secondary N) is 2. The molecule has 7 heteroatoms. The van der Waals surface area contributed by atoms with E-state index in [0.717, 1.165) is 31.8 Å². The third kappa shape index (κ3) is 4.25. The number of aromatic nitrogens is 2. The molecule has 1 fully saturated rings. The maximum absolute atomic E-state index is 6.18. The zero-order valence-electron chi connectivity index (χ0n) is 12.8. The van der Waals surface area contributed by atoms with Gasteiger partial charge in [-0.15, -0.1) is 0 Å². The van der Waals surface area contributed by atoms with Crippen LogP contribution in [0.2, 0.25) is 10.0 Å². The Morgan fingerprint density at radius 1 is 1.22 bits per heavy atom. The van der Waals surface area contributed by atoms with Crippen molar-refractivity contribution in [3.63, 3.8) is 0 Å². The van der Waals surface area contributed by atoms with Crippen molar-refractivity contribution < 1.29 is 4.74 Å². The highest BCUT2D eigenvalue weighted by atomic mass is 35.5. The average molecular weight is 353 g/mol. The van der Waals surface area contributed by atoms with Gasteiger partial charge in [-0.1, -0.05) is 29.3 Å². The van der Waals surface area contributed by atoms with E-state index in [0.29, 0.717) is 27.4 Å². The molecule has 1 aliphatic heterocycles. The molecule has 2 heterocycles. The maximum Gasteiger partial charge on any atom is 0.136 e.